The minimum atomic E-state index is -1.55. The van der Waals surface area contributed by atoms with Gasteiger partial charge in [0.25, 0.3) is 5.91 Å². The van der Waals surface area contributed by atoms with Crippen molar-refractivity contribution in [3.63, 3.8) is 0 Å². The smallest absolute Gasteiger partial charge is 0.256 e. The van der Waals surface area contributed by atoms with Crippen LogP contribution in [0.15, 0.2) is 22.6 Å². The highest BCUT2D eigenvalue weighted by atomic mass is 16.5. The predicted molar refractivity (Wildman–Crippen MR) is 123 cm³/mol. The topological polar surface area (TPSA) is 115 Å². The van der Waals surface area contributed by atoms with Gasteiger partial charge < -0.3 is 25.3 Å². The summed E-state index contributed by atoms with van der Waals surface area (Å²) in [5.74, 6) is 0.318. The molecule has 1 aromatic carbocycles. The van der Waals surface area contributed by atoms with Crippen molar-refractivity contribution in [2.75, 3.05) is 13.2 Å². The van der Waals surface area contributed by atoms with E-state index in [4.69, 9.17) is 14.9 Å². The van der Waals surface area contributed by atoms with Crippen molar-refractivity contribution in [1.29, 1.82) is 0 Å². The maximum absolute atomic E-state index is 12.8. The Hall–Kier alpha value is -2.54. The first-order chi connectivity index (χ1) is 14.8. The molecule has 0 spiro atoms. The highest BCUT2D eigenvalue weighted by molar-refractivity contribution is 6.09. The Balaban J connectivity index is 0.00000113. The van der Waals surface area contributed by atoms with E-state index in [1.54, 1.807) is 19.1 Å². The third-order valence-corrected chi connectivity index (χ3v) is 5.27. The van der Waals surface area contributed by atoms with Crippen molar-refractivity contribution < 1.29 is 23.8 Å². The molecule has 1 atom stereocenters. The lowest BCUT2D eigenvalue weighted by atomic mass is 10.0. The van der Waals surface area contributed by atoms with Gasteiger partial charge in [-0.2, -0.15) is 0 Å². The second kappa shape index (κ2) is 12.3. The number of aliphatic hydroxyl groups is 1. The van der Waals surface area contributed by atoms with Crippen molar-refractivity contribution in [3.05, 3.63) is 29.5 Å². The van der Waals surface area contributed by atoms with Crippen LogP contribution in [-0.4, -0.2) is 35.7 Å². The molecule has 1 unspecified atom stereocenters. The molecule has 2 aromatic rings. The SMILES string of the molecule is CC.CC.Cc1oc2ccc(OCC3CCCC3)cc2c1C(=O)NC(C)(CO)C(N)=O. The molecule has 0 saturated heterocycles. The van der Waals surface area contributed by atoms with Gasteiger partial charge in [0.2, 0.25) is 5.91 Å². The van der Waals surface area contributed by atoms with Crippen LogP contribution < -0.4 is 15.8 Å². The molecule has 7 nitrogen and oxygen atoms in total. The molecule has 1 heterocycles. The van der Waals surface area contributed by atoms with Crippen molar-refractivity contribution in [2.45, 2.75) is 72.8 Å². The van der Waals surface area contributed by atoms with Crippen LogP contribution in [0.25, 0.3) is 11.0 Å². The van der Waals surface area contributed by atoms with Gasteiger partial charge in [0.1, 0.15) is 22.6 Å². The molecule has 1 aromatic heterocycles. The molecule has 2 amide bonds. The average Bonchev–Trinajstić information content (AvgIpc) is 3.41. The van der Waals surface area contributed by atoms with Crippen LogP contribution in [0.4, 0.5) is 0 Å². The number of fused-ring (bicyclic) bond motifs is 1. The number of amides is 2. The molecule has 1 saturated carbocycles. The van der Waals surface area contributed by atoms with Gasteiger partial charge in [-0.1, -0.05) is 40.5 Å². The Morgan fingerprint density at radius 1 is 1.23 bits per heavy atom. The summed E-state index contributed by atoms with van der Waals surface area (Å²) in [7, 11) is 0. The third-order valence-electron chi connectivity index (χ3n) is 5.27. The fraction of sp³-hybridized carbons (Fsp3) is 0.583. The summed E-state index contributed by atoms with van der Waals surface area (Å²) in [6.07, 6.45) is 4.88. The molecular formula is C24H38N2O5. The van der Waals surface area contributed by atoms with Crippen LogP contribution in [0.5, 0.6) is 5.75 Å². The number of ether oxygens (including phenoxy) is 1. The summed E-state index contributed by atoms with van der Waals surface area (Å²) in [5, 5.41) is 12.5. The molecule has 3 rings (SSSR count). The maximum Gasteiger partial charge on any atom is 0.256 e. The van der Waals surface area contributed by atoms with Gasteiger partial charge in [0.05, 0.1) is 18.8 Å². The summed E-state index contributed by atoms with van der Waals surface area (Å²) < 4.78 is 11.6. The Morgan fingerprint density at radius 3 is 2.39 bits per heavy atom. The van der Waals surface area contributed by atoms with E-state index in [0.717, 1.165) is 0 Å². The zero-order chi connectivity index (χ0) is 23.6. The van der Waals surface area contributed by atoms with Crippen molar-refractivity contribution in [3.8, 4) is 5.75 Å². The zero-order valence-electron chi connectivity index (χ0n) is 19.7. The van der Waals surface area contributed by atoms with E-state index in [2.05, 4.69) is 5.32 Å². The van der Waals surface area contributed by atoms with E-state index in [0.29, 0.717) is 40.6 Å². The van der Waals surface area contributed by atoms with Crippen LogP contribution in [0, 0.1) is 12.8 Å². The number of primary amides is 1. The number of nitrogens with two attached hydrogens (primary N) is 1. The van der Waals surface area contributed by atoms with Crippen LogP contribution in [0.2, 0.25) is 0 Å². The van der Waals surface area contributed by atoms with Gasteiger partial charge in [0, 0.05) is 5.39 Å². The van der Waals surface area contributed by atoms with Gasteiger partial charge in [-0.15, -0.1) is 0 Å². The van der Waals surface area contributed by atoms with Crippen LogP contribution in [0.3, 0.4) is 0 Å². The van der Waals surface area contributed by atoms with Crippen LogP contribution in [-0.2, 0) is 4.79 Å². The van der Waals surface area contributed by atoms with E-state index < -0.39 is 24.0 Å². The summed E-state index contributed by atoms with van der Waals surface area (Å²) >= 11 is 0. The van der Waals surface area contributed by atoms with E-state index in [1.165, 1.54) is 32.6 Å². The number of carbonyl (C=O) groups is 2. The summed E-state index contributed by atoms with van der Waals surface area (Å²) in [5.41, 5.74) is 4.60. The molecule has 0 bridgehead atoms. The fourth-order valence-corrected chi connectivity index (χ4v) is 3.45. The van der Waals surface area contributed by atoms with Gasteiger partial charge in [-0.25, -0.2) is 0 Å². The summed E-state index contributed by atoms with van der Waals surface area (Å²) in [4.78, 5) is 24.3. The maximum atomic E-state index is 12.8. The molecule has 0 radical (unpaired) electrons. The van der Waals surface area contributed by atoms with Crippen LogP contribution in [0.1, 0.15) is 76.4 Å². The summed E-state index contributed by atoms with van der Waals surface area (Å²) in [6.45, 7) is 11.1. The van der Waals surface area contributed by atoms with E-state index in [-0.39, 0.29) is 0 Å². The number of carbonyl (C=O) groups excluding carboxylic acids is 2. The summed E-state index contributed by atoms with van der Waals surface area (Å²) in [6, 6.07) is 5.36. The first kappa shape index (κ1) is 26.5. The number of rotatable bonds is 7. The highest BCUT2D eigenvalue weighted by Crippen LogP contribution is 2.31. The van der Waals surface area contributed by atoms with Crippen molar-refractivity contribution in [2.24, 2.45) is 11.7 Å². The molecule has 1 fully saturated rings. The molecular weight excluding hydrogens is 396 g/mol. The van der Waals surface area contributed by atoms with Crippen molar-refractivity contribution in [1.82, 2.24) is 5.32 Å². The predicted octanol–water partition coefficient (Wildman–Crippen LogP) is 4.33. The number of benzene rings is 1. The molecule has 7 heteroatoms. The lowest BCUT2D eigenvalue weighted by molar-refractivity contribution is -0.124. The normalized spacial score (nSPS) is 15.2. The molecule has 174 valence electrons. The number of furan rings is 1. The Labute approximate surface area is 185 Å². The largest absolute Gasteiger partial charge is 0.493 e. The fourth-order valence-electron chi connectivity index (χ4n) is 3.45. The lowest BCUT2D eigenvalue weighted by Gasteiger charge is -2.24. The van der Waals surface area contributed by atoms with E-state index in [9.17, 15) is 14.7 Å². The minimum absolute atomic E-state index is 0.303. The minimum Gasteiger partial charge on any atom is -0.493 e. The molecule has 1 aliphatic carbocycles. The number of hydrogen-bond acceptors (Lipinski definition) is 5. The lowest BCUT2D eigenvalue weighted by Crippen LogP contribution is -2.57. The first-order valence-corrected chi connectivity index (χ1v) is 11.2. The van der Waals surface area contributed by atoms with Crippen LogP contribution >= 0.6 is 0 Å². The number of nitrogens with one attached hydrogen (secondary N) is 1. The Kier molecular flexibility index (Phi) is 10.6. The zero-order valence-corrected chi connectivity index (χ0v) is 19.7. The monoisotopic (exact) mass is 434 g/mol. The standard InChI is InChI=1S/C20H26N2O5.2C2H6/c1-12-17(18(24)22-20(2,11-23)19(21)25)15-9-14(7-8-16(15)27-12)26-10-13-5-3-4-6-13;2*1-2/h7-9,13,23H,3-6,10-11H2,1-2H3,(H2,21,25)(H,22,24);2*1-2H3. The van der Waals surface area contributed by atoms with Gasteiger partial charge in [0.15, 0.2) is 0 Å². The van der Waals surface area contributed by atoms with E-state index in [1.807, 2.05) is 33.8 Å². The molecule has 4 N–H and O–H groups in total. The Bertz CT molecular complexity index is 855. The second-order valence-electron chi connectivity index (χ2n) is 7.46. The van der Waals surface area contributed by atoms with Gasteiger partial charge in [-0.05, 0) is 50.8 Å². The average molecular weight is 435 g/mol. The third kappa shape index (κ3) is 6.47. The van der Waals surface area contributed by atoms with E-state index >= 15 is 0 Å². The quantitative estimate of drug-likeness (QED) is 0.600. The first-order valence-electron chi connectivity index (χ1n) is 11.2. The number of aryl methyl sites for hydroxylation is 1. The highest BCUT2D eigenvalue weighted by Gasteiger charge is 2.34. The molecule has 31 heavy (non-hydrogen) atoms. The molecule has 0 aliphatic heterocycles. The Morgan fingerprint density at radius 2 is 1.84 bits per heavy atom. The van der Waals surface area contributed by atoms with Gasteiger partial charge in [-0.3, -0.25) is 9.59 Å². The second-order valence-corrected chi connectivity index (χ2v) is 7.46. The van der Waals surface area contributed by atoms with Crippen molar-refractivity contribution >= 4 is 22.8 Å². The number of hydrogen-bond donors (Lipinski definition) is 3. The molecule has 1 aliphatic rings. The number of aliphatic hydroxyl groups excluding tert-OH is 1. The van der Waals surface area contributed by atoms with Gasteiger partial charge >= 0.3 is 0 Å².